The van der Waals surface area contributed by atoms with Gasteiger partial charge in [-0.05, 0) is 35.9 Å². The second-order valence-electron chi connectivity index (χ2n) is 3.32. The number of hydrogen-bond acceptors (Lipinski definition) is 2. The molecule has 2 rings (SSSR count). The fourth-order valence-corrected chi connectivity index (χ4v) is 2.56. The van der Waals surface area contributed by atoms with Crippen molar-refractivity contribution in [2.24, 2.45) is 0 Å². The molecule has 0 spiro atoms. The number of halogens is 1. The van der Waals surface area contributed by atoms with E-state index >= 15 is 0 Å². The molecule has 1 N–H and O–H groups in total. The summed E-state index contributed by atoms with van der Waals surface area (Å²) in [5.74, 6) is 0. The van der Waals surface area contributed by atoms with Crippen molar-refractivity contribution in [1.29, 1.82) is 0 Å². The van der Waals surface area contributed by atoms with Gasteiger partial charge < -0.3 is 5.11 Å². The third-order valence-corrected chi connectivity index (χ3v) is 3.84. The first-order chi connectivity index (χ1) is 7.79. The summed E-state index contributed by atoms with van der Waals surface area (Å²) in [5.41, 5.74) is 0.968. The number of aliphatic hydroxyl groups excluding tert-OH is 1. The zero-order valence-electron chi connectivity index (χ0n) is 8.56. The minimum Gasteiger partial charge on any atom is -0.392 e. The van der Waals surface area contributed by atoms with E-state index in [4.69, 9.17) is 0 Å². The van der Waals surface area contributed by atoms with E-state index in [1.54, 1.807) is 11.8 Å². The van der Waals surface area contributed by atoms with E-state index in [1.807, 2.05) is 36.4 Å². The van der Waals surface area contributed by atoms with Crippen LogP contribution in [0.2, 0.25) is 0 Å². The van der Waals surface area contributed by atoms with Crippen LogP contribution in [0.3, 0.4) is 0 Å². The minimum absolute atomic E-state index is 0.0830. The van der Waals surface area contributed by atoms with E-state index < -0.39 is 0 Å². The Morgan fingerprint density at radius 3 is 2.38 bits per heavy atom. The molecule has 0 saturated carbocycles. The summed E-state index contributed by atoms with van der Waals surface area (Å²) in [4.78, 5) is 2.27. The van der Waals surface area contributed by atoms with E-state index in [1.165, 1.54) is 4.90 Å². The standard InChI is InChI=1S/C13H11BrOS/c14-11-5-7-12(8-6-11)16-13-4-2-1-3-10(13)9-15/h1-8,15H,9H2. The molecule has 2 aromatic rings. The van der Waals surface area contributed by atoms with Gasteiger partial charge in [-0.1, -0.05) is 45.9 Å². The molecule has 0 fully saturated rings. The van der Waals surface area contributed by atoms with Gasteiger partial charge in [-0.2, -0.15) is 0 Å². The summed E-state index contributed by atoms with van der Waals surface area (Å²) in [5, 5.41) is 9.22. The van der Waals surface area contributed by atoms with Crippen LogP contribution in [0.1, 0.15) is 5.56 Å². The molecular formula is C13H11BrOS. The maximum atomic E-state index is 9.22. The van der Waals surface area contributed by atoms with E-state index in [0.717, 1.165) is 14.9 Å². The summed E-state index contributed by atoms with van der Waals surface area (Å²) in [6.07, 6.45) is 0. The molecule has 0 saturated heterocycles. The Kier molecular flexibility index (Phi) is 4.04. The Hall–Kier alpha value is -0.770. The number of rotatable bonds is 3. The molecule has 0 atom stereocenters. The molecule has 0 heterocycles. The van der Waals surface area contributed by atoms with E-state index in [9.17, 15) is 5.11 Å². The zero-order chi connectivity index (χ0) is 11.4. The molecule has 0 aromatic heterocycles. The van der Waals surface area contributed by atoms with E-state index in [0.29, 0.717) is 0 Å². The first-order valence-electron chi connectivity index (χ1n) is 4.92. The number of hydrogen-bond donors (Lipinski definition) is 1. The highest BCUT2D eigenvalue weighted by molar-refractivity contribution is 9.10. The third-order valence-electron chi connectivity index (χ3n) is 2.18. The van der Waals surface area contributed by atoms with Gasteiger partial charge in [-0.25, -0.2) is 0 Å². The lowest BCUT2D eigenvalue weighted by molar-refractivity contribution is 0.279. The van der Waals surface area contributed by atoms with Crippen molar-refractivity contribution in [3.63, 3.8) is 0 Å². The van der Waals surface area contributed by atoms with Crippen molar-refractivity contribution in [3.8, 4) is 0 Å². The molecule has 0 bridgehead atoms. The Bertz CT molecular complexity index is 468. The van der Waals surface area contributed by atoms with Crippen LogP contribution in [-0.2, 0) is 6.61 Å². The van der Waals surface area contributed by atoms with Gasteiger partial charge in [0.05, 0.1) is 6.61 Å². The van der Waals surface area contributed by atoms with E-state index in [2.05, 4.69) is 28.1 Å². The molecule has 82 valence electrons. The SMILES string of the molecule is OCc1ccccc1Sc1ccc(Br)cc1. The van der Waals surface area contributed by atoms with Gasteiger partial charge in [0.15, 0.2) is 0 Å². The Labute approximate surface area is 108 Å². The van der Waals surface area contributed by atoms with Gasteiger partial charge in [0.25, 0.3) is 0 Å². The summed E-state index contributed by atoms with van der Waals surface area (Å²) in [7, 11) is 0. The predicted molar refractivity (Wildman–Crippen MR) is 70.6 cm³/mol. The first-order valence-corrected chi connectivity index (χ1v) is 6.53. The van der Waals surface area contributed by atoms with Crippen LogP contribution < -0.4 is 0 Å². The molecular weight excluding hydrogens is 284 g/mol. The van der Waals surface area contributed by atoms with Crippen LogP contribution in [0.4, 0.5) is 0 Å². The average Bonchev–Trinajstić information content (AvgIpc) is 2.33. The largest absolute Gasteiger partial charge is 0.392 e. The molecule has 2 aromatic carbocycles. The van der Waals surface area contributed by atoms with Gasteiger partial charge >= 0.3 is 0 Å². The van der Waals surface area contributed by atoms with Crippen molar-refractivity contribution in [2.45, 2.75) is 16.4 Å². The van der Waals surface area contributed by atoms with Crippen LogP contribution in [0.5, 0.6) is 0 Å². The lowest BCUT2D eigenvalue weighted by atomic mass is 10.2. The lowest BCUT2D eigenvalue weighted by Crippen LogP contribution is -1.86. The maximum Gasteiger partial charge on any atom is 0.0692 e. The third kappa shape index (κ3) is 2.88. The number of aliphatic hydroxyl groups is 1. The second kappa shape index (κ2) is 5.53. The van der Waals surface area contributed by atoms with Crippen LogP contribution in [0.15, 0.2) is 62.8 Å². The minimum atomic E-state index is 0.0830. The Balaban J connectivity index is 2.23. The van der Waals surface area contributed by atoms with Gasteiger partial charge in [-0.3, -0.25) is 0 Å². The first kappa shape index (κ1) is 11.7. The molecule has 0 aliphatic carbocycles. The van der Waals surface area contributed by atoms with Crippen LogP contribution in [0, 0.1) is 0 Å². The molecule has 0 aliphatic heterocycles. The summed E-state index contributed by atoms with van der Waals surface area (Å²) < 4.78 is 1.08. The van der Waals surface area contributed by atoms with Crippen molar-refractivity contribution in [1.82, 2.24) is 0 Å². The van der Waals surface area contributed by atoms with Crippen molar-refractivity contribution >= 4 is 27.7 Å². The van der Waals surface area contributed by atoms with Gasteiger partial charge in [-0.15, -0.1) is 0 Å². The Morgan fingerprint density at radius 1 is 1.00 bits per heavy atom. The van der Waals surface area contributed by atoms with Crippen molar-refractivity contribution in [2.75, 3.05) is 0 Å². The maximum absolute atomic E-state index is 9.22. The normalized spacial score (nSPS) is 10.4. The highest BCUT2D eigenvalue weighted by Crippen LogP contribution is 2.31. The second-order valence-corrected chi connectivity index (χ2v) is 5.35. The van der Waals surface area contributed by atoms with Crippen LogP contribution >= 0.6 is 27.7 Å². The van der Waals surface area contributed by atoms with Gasteiger partial charge in [0.2, 0.25) is 0 Å². The van der Waals surface area contributed by atoms with Crippen LogP contribution in [-0.4, -0.2) is 5.11 Å². The predicted octanol–water partition coefficient (Wildman–Crippen LogP) is 4.09. The molecule has 16 heavy (non-hydrogen) atoms. The zero-order valence-corrected chi connectivity index (χ0v) is 11.0. The highest BCUT2D eigenvalue weighted by atomic mass is 79.9. The fraction of sp³-hybridized carbons (Fsp3) is 0.0769. The molecule has 0 radical (unpaired) electrons. The smallest absolute Gasteiger partial charge is 0.0692 e. The Morgan fingerprint density at radius 2 is 1.69 bits per heavy atom. The molecule has 1 nitrogen and oxygen atoms in total. The number of benzene rings is 2. The quantitative estimate of drug-likeness (QED) is 0.920. The molecule has 0 amide bonds. The van der Waals surface area contributed by atoms with Gasteiger partial charge in [0, 0.05) is 14.3 Å². The lowest BCUT2D eigenvalue weighted by Gasteiger charge is -2.06. The van der Waals surface area contributed by atoms with Gasteiger partial charge in [0.1, 0.15) is 0 Å². The van der Waals surface area contributed by atoms with Crippen molar-refractivity contribution in [3.05, 3.63) is 58.6 Å². The molecule has 0 unspecified atom stereocenters. The van der Waals surface area contributed by atoms with E-state index in [-0.39, 0.29) is 6.61 Å². The average molecular weight is 295 g/mol. The summed E-state index contributed by atoms with van der Waals surface area (Å²) in [6.45, 7) is 0.0830. The van der Waals surface area contributed by atoms with Crippen molar-refractivity contribution < 1.29 is 5.11 Å². The summed E-state index contributed by atoms with van der Waals surface area (Å²) >= 11 is 5.08. The monoisotopic (exact) mass is 294 g/mol. The fourth-order valence-electron chi connectivity index (χ4n) is 1.36. The summed E-state index contributed by atoms with van der Waals surface area (Å²) in [6, 6.07) is 16.1. The topological polar surface area (TPSA) is 20.2 Å². The van der Waals surface area contributed by atoms with Crippen LogP contribution in [0.25, 0.3) is 0 Å². The molecule has 3 heteroatoms. The highest BCUT2D eigenvalue weighted by Gasteiger charge is 2.02. The molecule has 0 aliphatic rings.